The van der Waals surface area contributed by atoms with Crippen LogP contribution in [0.4, 0.5) is 5.69 Å². The SMILES string of the molecule is Cc1cnc2c(S(=O)(=O)Nc3ccc(Cl)cc3C)cccc2c1. The summed E-state index contributed by atoms with van der Waals surface area (Å²) < 4.78 is 28.1. The molecule has 0 fully saturated rings. The normalized spacial score (nSPS) is 11.6. The van der Waals surface area contributed by atoms with Gasteiger partial charge >= 0.3 is 0 Å². The number of sulfonamides is 1. The highest BCUT2D eigenvalue weighted by Gasteiger charge is 2.19. The Morgan fingerprint density at radius 2 is 1.87 bits per heavy atom. The van der Waals surface area contributed by atoms with Crippen LogP contribution in [0.3, 0.4) is 0 Å². The molecule has 0 atom stereocenters. The minimum absolute atomic E-state index is 0.157. The van der Waals surface area contributed by atoms with Gasteiger partial charge in [-0.05, 0) is 55.3 Å². The molecule has 3 rings (SSSR count). The first-order valence-corrected chi connectivity index (χ1v) is 8.87. The molecule has 0 amide bonds. The fraction of sp³-hybridized carbons (Fsp3) is 0.118. The third-order valence-electron chi connectivity index (χ3n) is 3.53. The second-order valence-electron chi connectivity index (χ2n) is 5.41. The van der Waals surface area contributed by atoms with Gasteiger partial charge in [0.2, 0.25) is 0 Å². The fourth-order valence-electron chi connectivity index (χ4n) is 2.40. The summed E-state index contributed by atoms with van der Waals surface area (Å²) in [6.07, 6.45) is 1.66. The second-order valence-corrected chi connectivity index (χ2v) is 7.49. The molecule has 0 aliphatic rings. The first-order valence-electron chi connectivity index (χ1n) is 7.01. The van der Waals surface area contributed by atoms with Crippen LogP contribution < -0.4 is 4.72 Å². The number of nitrogens with one attached hydrogen (secondary N) is 1. The molecule has 0 radical (unpaired) electrons. The van der Waals surface area contributed by atoms with E-state index >= 15 is 0 Å². The number of halogens is 1. The van der Waals surface area contributed by atoms with Crippen molar-refractivity contribution in [3.63, 3.8) is 0 Å². The Labute approximate surface area is 140 Å². The summed E-state index contributed by atoms with van der Waals surface area (Å²) in [5.74, 6) is 0. The number of para-hydroxylation sites is 1. The van der Waals surface area contributed by atoms with Gasteiger partial charge < -0.3 is 0 Å². The predicted octanol–water partition coefficient (Wildman–Crippen LogP) is 4.31. The van der Waals surface area contributed by atoms with Crippen molar-refractivity contribution in [2.75, 3.05) is 4.72 Å². The van der Waals surface area contributed by atoms with Gasteiger partial charge in [0.25, 0.3) is 10.0 Å². The van der Waals surface area contributed by atoms with Crippen LogP contribution in [0.25, 0.3) is 10.9 Å². The van der Waals surface area contributed by atoms with Crippen LogP contribution in [0.15, 0.2) is 53.6 Å². The van der Waals surface area contributed by atoms with Crippen LogP contribution in [0.2, 0.25) is 5.02 Å². The lowest BCUT2D eigenvalue weighted by Gasteiger charge is -2.12. The fourth-order valence-corrected chi connectivity index (χ4v) is 3.94. The van der Waals surface area contributed by atoms with Gasteiger partial charge in [-0.15, -0.1) is 0 Å². The lowest BCUT2D eigenvalue weighted by atomic mass is 10.2. The standard InChI is InChI=1S/C17H15ClN2O2S/c1-11-8-13-4-3-5-16(17(13)19-10-11)23(21,22)20-15-7-6-14(18)9-12(15)2/h3-10,20H,1-2H3. The molecule has 1 N–H and O–H groups in total. The maximum atomic E-state index is 12.8. The van der Waals surface area contributed by atoms with E-state index in [1.54, 1.807) is 43.5 Å². The van der Waals surface area contributed by atoms with Crippen LogP contribution in [0.5, 0.6) is 0 Å². The van der Waals surface area contributed by atoms with Gasteiger partial charge in [-0.1, -0.05) is 23.7 Å². The number of rotatable bonds is 3. The van der Waals surface area contributed by atoms with Gasteiger partial charge in [0.1, 0.15) is 4.90 Å². The summed E-state index contributed by atoms with van der Waals surface area (Å²) in [4.78, 5) is 4.44. The summed E-state index contributed by atoms with van der Waals surface area (Å²) in [5, 5.41) is 1.36. The maximum absolute atomic E-state index is 12.8. The molecule has 0 aliphatic heterocycles. The molecule has 0 unspecified atom stereocenters. The number of hydrogen-bond acceptors (Lipinski definition) is 3. The minimum atomic E-state index is -3.74. The van der Waals surface area contributed by atoms with E-state index in [-0.39, 0.29) is 4.90 Å². The third-order valence-corrected chi connectivity index (χ3v) is 5.17. The Hall–Kier alpha value is -2.11. The van der Waals surface area contributed by atoms with E-state index in [0.29, 0.717) is 16.2 Å². The molecule has 1 heterocycles. The van der Waals surface area contributed by atoms with Crippen molar-refractivity contribution in [2.45, 2.75) is 18.7 Å². The van der Waals surface area contributed by atoms with Gasteiger partial charge in [-0.2, -0.15) is 0 Å². The van der Waals surface area contributed by atoms with Crippen molar-refractivity contribution in [3.8, 4) is 0 Å². The summed E-state index contributed by atoms with van der Waals surface area (Å²) in [6.45, 7) is 3.72. The molecule has 0 saturated carbocycles. The quantitative estimate of drug-likeness (QED) is 0.769. The van der Waals surface area contributed by atoms with Gasteiger partial charge in [-0.25, -0.2) is 8.42 Å². The molecule has 23 heavy (non-hydrogen) atoms. The summed E-state index contributed by atoms with van der Waals surface area (Å²) in [6, 6.07) is 12.0. The van der Waals surface area contributed by atoms with Crippen LogP contribution in [0, 0.1) is 13.8 Å². The molecule has 118 valence electrons. The van der Waals surface area contributed by atoms with E-state index < -0.39 is 10.0 Å². The lowest BCUT2D eigenvalue weighted by molar-refractivity contribution is 0.602. The summed E-state index contributed by atoms with van der Waals surface area (Å²) in [7, 11) is -3.74. The molecule has 0 bridgehead atoms. The highest BCUT2D eigenvalue weighted by Crippen LogP contribution is 2.26. The first kappa shape index (κ1) is 15.8. The van der Waals surface area contributed by atoms with Gasteiger partial charge in [0.15, 0.2) is 0 Å². The molecule has 3 aromatic rings. The Kier molecular flexibility index (Phi) is 4.00. The van der Waals surface area contributed by atoms with E-state index in [1.807, 2.05) is 19.1 Å². The van der Waals surface area contributed by atoms with Crippen molar-refractivity contribution >= 4 is 38.2 Å². The van der Waals surface area contributed by atoms with Gasteiger partial charge in [-0.3, -0.25) is 9.71 Å². The number of anilines is 1. The number of pyridine rings is 1. The largest absolute Gasteiger partial charge is 0.279 e. The Balaban J connectivity index is 2.10. The van der Waals surface area contributed by atoms with Crippen molar-refractivity contribution in [1.29, 1.82) is 0 Å². The molecular weight excluding hydrogens is 332 g/mol. The molecule has 1 aromatic heterocycles. The number of benzene rings is 2. The zero-order chi connectivity index (χ0) is 16.6. The number of nitrogens with zero attached hydrogens (tertiary/aromatic N) is 1. The van der Waals surface area contributed by atoms with Crippen molar-refractivity contribution in [2.24, 2.45) is 0 Å². The average molecular weight is 347 g/mol. The molecule has 6 heteroatoms. The zero-order valence-electron chi connectivity index (χ0n) is 12.7. The van der Waals surface area contributed by atoms with E-state index in [2.05, 4.69) is 9.71 Å². The summed E-state index contributed by atoms with van der Waals surface area (Å²) in [5.41, 5.74) is 2.69. The number of aromatic nitrogens is 1. The van der Waals surface area contributed by atoms with Crippen LogP contribution in [-0.2, 0) is 10.0 Å². The Morgan fingerprint density at radius 1 is 1.09 bits per heavy atom. The van der Waals surface area contributed by atoms with Crippen LogP contribution >= 0.6 is 11.6 Å². The highest BCUT2D eigenvalue weighted by molar-refractivity contribution is 7.93. The second kappa shape index (κ2) is 5.83. The molecule has 4 nitrogen and oxygen atoms in total. The monoisotopic (exact) mass is 346 g/mol. The number of aryl methyl sites for hydroxylation is 2. The van der Waals surface area contributed by atoms with E-state index in [0.717, 1.165) is 16.5 Å². The molecule has 0 aliphatic carbocycles. The Morgan fingerprint density at radius 3 is 2.61 bits per heavy atom. The third kappa shape index (κ3) is 3.16. The zero-order valence-corrected chi connectivity index (χ0v) is 14.2. The molecule has 0 spiro atoms. The average Bonchev–Trinajstić information content (AvgIpc) is 2.49. The Bertz CT molecular complexity index is 1000. The van der Waals surface area contributed by atoms with Crippen molar-refractivity contribution in [3.05, 3.63) is 64.8 Å². The van der Waals surface area contributed by atoms with Crippen molar-refractivity contribution in [1.82, 2.24) is 4.98 Å². The molecule has 2 aromatic carbocycles. The molecular formula is C17H15ClN2O2S. The number of fused-ring (bicyclic) bond motifs is 1. The van der Waals surface area contributed by atoms with Crippen molar-refractivity contribution < 1.29 is 8.42 Å². The van der Waals surface area contributed by atoms with Gasteiger partial charge in [0, 0.05) is 16.6 Å². The van der Waals surface area contributed by atoms with E-state index in [1.165, 1.54) is 0 Å². The lowest BCUT2D eigenvalue weighted by Crippen LogP contribution is -2.14. The predicted molar refractivity (Wildman–Crippen MR) is 93.5 cm³/mol. The van der Waals surface area contributed by atoms with E-state index in [4.69, 9.17) is 11.6 Å². The topological polar surface area (TPSA) is 59.1 Å². The minimum Gasteiger partial charge on any atom is -0.279 e. The van der Waals surface area contributed by atoms with E-state index in [9.17, 15) is 8.42 Å². The number of hydrogen-bond donors (Lipinski definition) is 1. The van der Waals surface area contributed by atoms with Crippen LogP contribution in [-0.4, -0.2) is 13.4 Å². The summed E-state index contributed by atoms with van der Waals surface area (Å²) >= 11 is 5.91. The first-order chi connectivity index (χ1) is 10.9. The smallest absolute Gasteiger partial charge is 0.264 e. The maximum Gasteiger partial charge on any atom is 0.264 e. The van der Waals surface area contributed by atoms with Crippen LogP contribution in [0.1, 0.15) is 11.1 Å². The highest BCUT2D eigenvalue weighted by atomic mass is 35.5. The molecule has 0 saturated heterocycles. The van der Waals surface area contributed by atoms with Gasteiger partial charge in [0.05, 0.1) is 11.2 Å².